The number of pyridine rings is 1. The number of aryl methyl sites for hydroxylation is 1. The SMILES string of the molecule is Cc1ccncc1C(=O)CCCO. The van der Waals surface area contributed by atoms with Crippen molar-refractivity contribution in [2.75, 3.05) is 6.61 Å². The van der Waals surface area contributed by atoms with Gasteiger partial charge in [-0.3, -0.25) is 9.78 Å². The number of rotatable bonds is 4. The van der Waals surface area contributed by atoms with Gasteiger partial charge < -0.3 is 5.11 Å². The van der Waals surface area contributed by atoms with Crippen LogP contribution < -0.4 is 0 Å². The van der Waals surface area contributed by atoms with Gasteiger partial charge in [-0.25, -0.2) is 0 Å². The molecule has 0 aliphatic rings. The van der Waals surface area contributed by atoms with Crippen LogP contribution in [0.5, 0.6) is 0 Å². The Balaban J connectivity index is 2.71. The average molecular weight is 179 g/mol. The fraction of sp³-hybridized carbons (Fsp3) is 0.400. The molecule has 70 valence electrons. The molecule has 0 spiro atoms. The molecule has 0 bridgehead atoms. The van der Waals surface area contributed by atoms with Gasteiger partial charge in [0.1, 0.15) is 0 Å². The van der Waals surface area contributed by atoms with Crippen LogP contribution in [0.1, 0.15) is 28.8 Å². The number of ketones is 1. The van der Waals surface area contributed by atoms with Crippen molar-refractivity contribution in [3.63, 3.8) is 0 Å². The van der Waals surface area contributed by atoms with E-state index in [9.17, 15) is 4.79 Å². The number of hydrogen-bond donors (Lipinski definition) is 1. The van der Waals surface area contributed by atoms with Crippen LogP contribution in [0, 0.1) is 6.92 Å². The number of Topliss-reactive ketones (excluding diaryl/α,β-unsaturated/α-hetero) is 1. The normalized spacial score (nSPS) is 10.0. The summed E-state index contributed by atoms with van der Waals surface area (Å²) in [7, 11) is 0. The Hall–Kier alpha value is -1.22. The third kappa shape index (κ3) is 2.63. The molecule has 3 nitrogen and oxygen atoms in total. The van der Waals surface area contributed by atoms with Crippen molar-refractivity contribution in [2.24, 2.45) is 0 Å². The van der Waals surface area contributed by atoms with E-state index in [1.807, 2.05) is 13.0 Å². The zero-order chi connectivity index (χ0) is 9.68. The Morgan fingerprint density at radius 2 is 2.38 bits per heavy atom. The van der Waals surface area contributed by atoms with Gasteiger partial charge >= 0.3 is 0 Å². The summed E-state index contributed by atoms with van der Waals surface area (Å²) in [6.45, 7) is 1.94. The fourth-order valence-electron chi connectivity index (χ4n) is 1.13. The number of nitrogens with zero attached hydrogens (tertiary/aromatic N) is 1. The molecule has 0 radical (unpaired) electrons. The summed E-state index contributed by atoms with van der Waals surface area (Å²) in [6.07, 6.45) is 4.16. The van der Waals surface area contributed by atoms with E-state index in [-0.39, 0.29) is 12.4 Å². The van der Waals surface area contributed by atoms with E-state index in [1.165, 1.54) is 0 Å². The van der Waals surface area contributed by atoms with Crippen molar-refractivity contribution in [3.8, 4) is 0 Å². The van der Waals surface area contributed by atoms with Crippen LogP contribution >= 0.6 is 0 Å². The van der Waals surface area contributed by atoms with Crippen molar-refractivity contribution in [2.45, 2.75) is 19.8 Å². The van der Waals surface area contributed by atoms with Crippen LogP contribution in [-0.2, 0) is 0 Å². The summed E-state index contributed by atoms with van der Waals surface area (Å²) in [4.78, 5) is 15.4. The lowest BCUT2D eigenvalue weighted by Crippen LogP contribution is -2.03. The maximum absolute atomic E-state index is 11.5. The zero-order valence-corrected chi connectivity index (χ0v) is 7.66. The summed E-state index contributed by atoms with van der Waals surface area (Å²) in [5, 5.41) is 8.56. The van der Waals surface area contributed by atoms with Crippen LogP contribution in [0.25, 0.3) is 0 Å². The van der Waals surface area contributed by atoms with Gasteiger partial charge in [0.15, 0.2) is 5.78 Å². The number of carbonyl (C=O) groups is 1. The Labute approximate surface area is 77.4 Å². The molecule has 0 aliphatic heterocycles. The van der Waals surface area contributed by atoms with E-state index < -0.39 is 0 Å². The fourth-order valence-corrected chi connectivity index (χ4v) is 1.13. The van der Waals surface area contributed by atoms with Gasteiger partial charge in [0.05, 0.1) is 0 Å². The van der Waals surface area contributed by atoms with Gasteiger partial charge in [-0.1, -0.05) is 0 Å². The van der Waals surface area contributed by atoms with Gasteiger partial charge in [-0.05, 0) is 25.0 Å². The maximum Gasteiger partial charge on any atom is 0.164 e. The summed E-state index contributed by atoms with van der Waals surface area (Å²) in [5.41, 5.74) is 1.61. The van der Waals surface area contributed by atoms with Crippen LogP contribution in [0.2, 0.25) is 0 Å². The zero-order valence-electron chi connectivity index (χ0n) is 7.66. The van der Waals surface area contributed by atoms with Crippen LogP contribution in [0.4, 0.5) is 0 Å². The van der Waals surface area contributed by atoms with Crippen LogP contribution in [0.15, 0.2) is 18.5 Å². The lowest BCUT2D eigenvalue weighted by Gasteiger charge is -2.02. The van der Waals surface area contributed by atoms with Crippen molar-refractivity contribution < 1.29 is 9.90 Å². The predicted octanol–water partition coefficient (Wildman–Crippen LogP) is 1.35. The Morgan fingerprint density at radius 1 is 1.62 bits per heavy atom. The number of carbonyl (C=O) groups excluding carboxylic acids is 1. The lowest BCUT2D eigenvalue weighted by atomic mass is 10.0. The minimum atomic E-state index is 0.0552. The number of hydrogen-bond acceptors (Lipinski definition) is 3. The van der Waals surface area contributed by atoms with E-state index in [1.54, 1.807) is 12.4 Å². The first kappa shape index (κ1) is 9.86. The molecule has 0 fully saturated rings. The molecule has 1 heterocycles. The second-order valence-corrected chi connectivity index (χ2v) is 2.94. The van der Waals surface area contributed by atoms with E-state index in [0.29, 0.717) is 18.4 Å². The molecule has 0 saturated heterocycles. The highest BCUT2D eigenvalue weighted by Gasteiger charge is 2.07. The van der Waals surface area contributed by atoms with E-state index in [2.05, 4.69) is 4.98 Å². The first-order valence-electron chi connectivity index (χ1n) is 4.30. The maximum atomic E-state index is 11.5. The van der Waals surface area contributed by atoms with Crippen LogP contribution in [0.3, 0.4) is 0 Å². The van der Waals surface area contributed by atoms with Gasteiger partial charge in [0, 0.05) is 31.0 Å². The Morgan fingerprint density at radius 3 is 3.00 bits per heavy atom. The smallest absolute Gasteiger partial charge is 0.164 e. The number of aliphatic hydroxyl groups is 1. The molecule has 1 aromatic heterocycles. The largest absolute Gasteiger partial charge is 0.396 e. The topological polar surface area (TPSA) is 50.2 Å². The Bertz CT molecular complexity index is 297. The summed E-state index contributed by atoms with van der Waals surface area (Å²) in [5.74, 6) is 0.0552. The molecule has 13 heavy (non-hydrogen) atoms. The second-order valence-electron chi connectivity index (χ2n) is 2.94. The summed E-state index contributed by atoms with van der Waals surface area (Å²) in [6, 6.07) is 1.81. The average Bonchev–Trinajstić information content (AvgIpc) is 2.15. The molecule has 1 rings (SSSR count). The van der Waals surface area contributed by atoms with Gasteiger partial charge in [0.2, 0.25) is 0 Å². The molecule has 1 aromatic rings. The third-order valence-electron chi connectivity index (χ3n) is 1.90. The first-order chi connectivity index (χ1) is 6.25. The molecule has 0 aliphatic carbocycles. The highest BCUT2D eigenvalue weighted by molar-refractivity contribution is 5.97. The lowest BCUT2D eigenvalue weighted by molar-refractivity contribution is 0.0970. The first-order valence-corrected chi connectivity index (χ1v) is 4.30. The van der Waals surface area contributed by atoms with E-state index in [0.717, 1.165) is 5.56 Å². The second kappa shape index (κ2) is 4.72. The monoisotopic (exact) mass is 179 g/mol. The van der Waals surface area contributed by atoms with E-state index in [4.69, 9.17) is 5.11 Å². The molecule has 0 saturated carbocycles. The molecule has 0 atom stereocenters. The van der Waals surface area contributed by atoms with Crippen molar-refractivity contribution in [1.82, 2.24) is 4.98 Å². The minimum Gasteiger partial charge on any atom is -0.396 e. The molecule has 0 aromatic carbocycles. The summed E-state index contributed by atoms with van der Waals surface area (Å²) >= 11 is 0. The van der Waals surface area contributed by atoms with Gasteiger partial charge in [0.25, 0.3) is 0 Å². The molecule has 0 amide bonds. The standard InChI is InChI=1S/C10H13NO2/c1-8-4-5-11-7-9(8)10(13)3-2-6-12/h4-5,7,12H,2-3,6H2,1H3. The highest BCUT2D eigenvalue weighted by atomic mass is 16.3. The number of aliphatic hydroxyl groups excluding tert-OH is 1. The molecule has 1 N–H and O–H groups in total. The van der Waals surface area contributed by atoms with Gasteiger partial charge in [-0.2, -0.15) is 0 Å². The number of aromatic nitrogens is 1. The van der Waals surface area contributed by atoms with Crippen molar-refractivity contribution in [3.05, 3.63) is 29.6 Å². The molecular formula is C10H13NO2. The third-order valence-corrected chi connectivity index (χ3v) is 1.90. The van der Waals surface area contributed by atoms with Crippen molar-refractivity contribution in [1.29, 1.82) is 0 Å². The minimum absolute atomic E-state index is 0.0552. The van der Waals surface area contributed by atoms with Gasteiger partial charge in [-0.15, -0.1) is 0 Å². The van der Waals surface area contributed by atoms with Crippen LogP contribution in [-0.4, -0.2) is 22.5 Å². The Kier molecular flexibility index (Phi) is 3.58. The molecular weight excluding hydrogens is 166 g/mol. The molecule has 0 unspecified atom stereocenters. The molecule has 3 heteroatoms. The quantitative estimate of drug-likeness (QED) is 0.710. The highest BCUT2D eigenvalue weighted by Crippen LogP contribution is 2.08. The summed E-state index contributed by atoms with van der Waals surface area (Å²) < 4.78 is 0. The van der Waals surface area contributed by atoms with Crippen molar-refractivity contribution >= 4 is 5.78 Å². The predicted molar refractivity (Wildman–Crippen MR) is 49.6 cm³/mol. The van der Waals surface area contributed by atoms with E-state index >= 15 is 0 Å².